The summed E-state index contributed by atoms with van der Waals surface area (Å²) in [6.07, 6.45) is 67.7. The number of hydrogen-bond donors (Lipinski definition) is 0. The third kappa shape index (κ3) is 50.0. The van der Waals surface area contributed by atoms with Crippen LogP contribution in [0.25, 0.3) is 0 Å². The molecular weight excluding hydrogens is 765 g/mol. The van der Waals surface area contributed by atoms with E-state index in [0.717, 1.165) is 96.3 Å². The van der Waals surface area contributed by atoms with E-state index in [1.807, 2.05) is 0 Å². The predicted molar refractivity (Wildman–Crippen MR) is 270 cm³/mol. The maximum Gasteiger partial charge on any atom is 0.306 e. The number of hydrogen-bond acceptors (Lipinski definition) is 5. The number of allylic oxidation sites excluding steroid dienone is 12. The van der Waals surface area contributed by atoms with Crippen molar-refractivity contribution < 1.29 is 23.8 Å². The van der Waals surface area contributed by atoms with Crippen molar-refractivity contribution in [1.29, 1.82) is 0 Å². The van der Waals surface area contributed by atoms with Gasteiger partial charge < -0.3 is 14.2 Å². The van der Waals surface area contributed by atoms with Crippen LogP contribution in [0, 0.1) is 0 Å². The summed E-state index contributed by atoms with van der Waals surface area (Å²) in [7, 11) is 0. The molecule has 0 saturated carbocycles. The first-order valence-corrected chi connectivity index (χ1v) is 26.5. The van der Waals surface area contributed by atoms with Crippen LogP contribution in [0.15, 0.2) is 72.9 Å². The summed E-state index contributed by atoms with van der Waals surface area (Å²) in [5, 5.41) is 0. The van der Waals surface area contributed by atoms with Gasteiger partial charge in [0.25, 0.3) is 0 Å². The lowest BCUT2D eigenvalue weighted by atomic mass is 10.0. The zero-order chi connectivity index (χ0) is 44.9. The van der Waals surface area contributed by atoms with Crippen molar-refractivity contribution in [2.45, 2.75) is 258 Å². The molecule has 0 spiro atoms. The molecule has 0 rings (SSSR count). The molecule has 0 heterocycles. The van der Waals surface area contributed by atoms with Crippen LogP contribution in [0.2, 0.25) is 0 Å². The Morgan fingerprint density at radius 3 is 1.18 bits per heavy atom. The number of esters is 2. The van der Waals surface area contributed by atoms with Crippen LogP contribution in [0.4, 0.5) is 0 Å². The monoisotopic (exact) mass is 865 g/mol. The first-order chi connectivity index (χ1) is 30.6. The Morgan fingerprint density at radius 2 is 0.726 bits per heavy atom. The van der Waals surface area contributed by atoms with Gasteiger partial charge in [-0.25, -0.2) is 0 Å². The Hall–Kier alpha value is -2.66. The molecular formula is C57H100O5. The minimum Gasteiger partial charge on any atom is -0.462 e. The quantitative estimate of drug-likeness (QED) is 0.0346. The van der Waals surface area contributed by atoms with Crippen molar-refractivity contribution in [2.75, 3.05) is 19.8 Å². The molecule has 0 saturated heterocycles. The van der Waals surface area contributed by atoms with E-state index in [4.69, 9.17) is 14.2 Å². The Bertz CT molecular complexity index is 1110. The molecule has 0 aliphatic carbocycles. The highest BCUT2D eigenvalue weighted by atomic mass is 16.6. The molecule has 1 atom stereocenters. The van der Waals surface area contributed by atoms with Gasteiger partial charge in [-0.1, -0.05) is 229 Å². The van der Waals surface area contributed by atoms with Gasteiger partial charge in [0, 0.05) is 19.4 Å². The molecule has 0 aromatic carbocycles. The highest BCUT2D eigenvalue weighted by molar-refractivity contribution is 5.70. The van der Waals surface area contributed by atoms with E-state index in [2.05, 4.69) is 93.7 Å². The van der Waals surface area contributed by atoms with E-state index in [1.54, 1.807) is 0 Å². The van der Waals surface area contributed by atoms with Gasteiger partial charge in [-0.2, -0.15) is 0 Å². The molecule has 0 amide bonds. The van der Waals surface area contributed by atoms with Crippen molar-refractivity contribution >= 4 is 11.9 Å². The molecule has 0 N–H and O–H groups in total. The molecule has 5 heteroatoms. The van der Waals surface area contributed by atoms with Crippen LogP contribution < -0.4 is 0 Å². The molecule has 0 bridgehead atoms. The summed E-state index contributed by atoms with van der Waals surface area (Å²) in [6.45, 7) is 7.57. The fraction of sp³-hybridized carbons (Fsp3) is 0.754. The van der Waals surface area contributed by atoms with E-state index in [1.165, 1.54) is 122 Å². The number of rotatable bonds is 48. The van der Waals surface area contributed by atoms with Crippen LogP contribution in [0.5, 0.6) is 0 Å². The zero-order valence-electron chi connectivity index (χ0n) is 41.1. The molecule has 0 aromatic rings. The second-order valence-corrected chi connectivity index (χ2v) is 17.4. The topological polar surface area (TPSA) is 61.8 Å². The molecule has 0 fully saturated rings. The van der Waals surface area contributed by atoms with Gasteiger partial charge in [0.1, 0.15) is 6.61 Å². The fourth-order valence-corrected chi connectivity index (χ4v) is 7.36. The Morgan fingerprint density at radius 1 is 0.371 bits per heavy atom. The van der Waals surface area contributed by atoms with E-state index >= 15 is 0 Å². The SMILES string of the molecule is CC/C=C\C/C=C\C/C=C\CCCCCCCCOCC(COC(=O)CCCCCCCCCCCCCCCCCCC)OC(=O)CCCCC/C=C\C/C=C\C/C=C\CC. The summed E-state index contributed by atoms with van der Waals surface area (Å²) < 4.78 is 17.4. The van der Waals surface area contributed by atoms with E-state index in [0.29, 0.717) is 19.4 Å². The van der Waals surface area contributed by atoms with Crippen LogP contribution in [-0.2, 0) is 23.8 Å². The Labute approximate surface area is 385 Å². The second kappa shape index (κ2) is 52.7. The number of ether oxygens (including phenoxy) is 3. The number of carbonyl (C=O) groups is 2. The van der Waals surface area contributed by atoms with Gasteiger partial charge in [0.2, 0.25) is 0 Å². The highest BCUT2D eigenvalue weighted by Crippen LogP contribution is 2.15. The molecule has 0 aliphatic rings. The van der Waals surface area contributed by atoms with Crippen molar-refractivity contribution in [2.24, 2.45) is 0 Å². The first kappa shape index (κ1) is 59.3. The predicted octanol–water partition coefficient (Wildman–Crippen LogP) is 17.9. The minimum absolute atomic E-state index is 0.0682. The van der Waals surface area contributed by atoms with Gasteiger partial charge in [-0.3, -0.25) is 9.59 Å². The van der Waals surface area contributed by atoms with E-state index in [-0.39, 0.29) is 25.2 Å². The maximum absolute atomic E-state index is 12.8. The van der Waals surface area contributed by atoms with Crippen LogP contribution in [0.3, 0.4) is 0 Å². The molecule has 62 heavy (non-hydrogen) atoms. The molecule has 358 valence electrons. The number of unbranched alkanes of at least 4 members (excludes halogenated alkanes) is 25. The molecule has 5 nitrogen and oxygen atoms in total. The summed E-state index contributed by atoms with van der Waals surface area (Å²) >= 11 is 0. The summed E-state index contributed by atoms with van der Waals surface area (Å²) in [4.78, 5) is 25.4. The number of carbonyl (C=O) groups excluding carboxylic acids is 2. The van der Waals surface area contributed by atoms with Crippen LogP contribution >= 0.6 is 0 Å². The summed E-state index contributed by atoms with van der Waals surface area (Å²) in [6, 6.07) is 0. The van der Waals surface area contributed by atoms with Crippen molar-refractivity contribution in [1.82, 2.24) is 0 Å². The Kier molecular flexibility index (Phi) is 50.4. The molecule has 0 radical (unpaired) electrons. The molecule has 0 aliphatic heterocycles. The normalized spacial score (nSPS) is 12.8. The summed E-state index contributed by atoms with van der Waals surface area (Å²) in [5.74, 6) is -0.432. The van der Waals surface area contributed by atoms with Gasteiger partial charge >= 0.3 is 11.9 Å². The third-order valence-corrected chi connectivity index (χ3v) is 11.2. The second-order valence-electron chi connectivity index (χ2n) is 17.4. The first-order valence-electron chi connectivity index (χ1n) is 26.5. The van der Waals surface area contributed by atoms with E-state index < -0.39 is 6.10 Å². The standard InChI is InChI=1S/C57H100O5/c1-4-7-10-13-16-19-22-25-27-29-30-33-35-38-41-44-47-50-56(58)61-54-55(62-57(59)51-48-45-42-39-36-32-24-21-18-15-12-9-6-3)53-60-52-49-46-43-40-37-34-31-28-26-23-20-17-14-11-8-5-2/h8-9,11-12,17-18,20-21,26,28,32,36,55H,4-7,10,13-16,19,22-25,27,29-31,33-35,37-54H2,1-3H3/b11-8-,12-9-,20-17-,21-18-,28-26-,36-32-. The minimum atomic E-state index is -0.558. The van der Waals surface area contributed by atoms with Crippen molar-refractivity contribution in [3.05, 3.63) is 72.9 Å². The van der Waals surface area contributed by atoms with Gasteiger partial charge in [-0.05, 0) is 83.5 Å². The lowest BCUT2D eigenvalue weighted by molar-refractivity contribution is -0.163. The fourth-order valence-electron chi connectivity index (χ4n) is 7.36. The summed E-state index contributed by atoms with van der Waals surface area (Å²) in [5.41, 5.74) is 0. The lowest BCUT2D eigenvalue weighted by Crippen LogP contribution is -2.30. The van der Waals surface area contributed by atoms with Gasteiger partial charge in [-0.15, -0.1) is 0 Å². The van der Waals surface area contributed by atoms with E-state index in [9.17, 15) is 9.59 Å². The van der Waals surface area contributed by atoms with Crippen LogP contribution in [0.1, 0.15) is 252 Å². The largest absolute Gasteiger partial charge is 0.462 e. The van der Waals surface area contributed by atoms with Gasteiger partial charge in [0.15, 0.2) is 6.10 Å². The van der Waals surface area contributed by atoms with Crippen LogP contribution in [-0.4, -0.2) is 37.9 Å². The van der Waals surface area contributed by atoms with Crippen molar-refractivity contribution in [3.63, 3.8) is 0 Å². The molecule has 1 unspecified atom stereocenters. The average Bonchev–Trinajstić information content (AvgIpc) is 3.27. The smallest absolute Gasteiger partial charge is 0.306 e. The molecule has 0 aromatic heterocycles. The maximum atomic E-state index is 12.8. The third-order valence-electron chi connectivity index (χ3n) is 11.2. The van der Waals surface area contributed by atoms with Gasteiger partial charge in [0.05, 0.1) is 6.61 Å². The van der Waals surface area contributed by atoms with Crippen molar-refractivity contribution in [3.8, 4) is 0 Å². The highest BCUT2D eigenvalue weighted by Gasteiger charge is 2.17. The zero-order valence-corrected chi connectivity index (χ0v) is 41.1. The average molecular weight is 865 g/mol. The lowest BCUT2D eigenvalue weighted by Gasteiger charge is -2.18. The Balaban J connectivity index is 4.29.